The van der Waals surface area contributed by atoms with Crippen LogP contribution in [-0.4, -0.2) is 6.54 Å². The third-order valence-electron chi connectivity index (χ3n) is 3.06. The molecule has 0 saturated carbocycles. The predicted molar refractivity (Wildman–Crippen MR) is 84.4 cm³/mol. The molecule has 0 unspecified atom stereocenters. The average molecular weight is 251 g/mol. The van der Waals surface area contributed by atoms with Crippen LogP contribution in [0.2, 0.25) is 0 Å². The first kappa shape index (κ1) is 13.4. The highest BCUT2D eigenvalue weighted by Crippen LogP contribution is 2.16. The van der Waals surface area contributed by atoms with Crippen LogP contribution >= 0.6 is 0 Å². The summed E-state index contributed by atoms with van der Waals surface area (Å²) in [6, 6.07) is 18.9. The van der Waals surface area contributed by atoms with E-state index in [9.17, 15) is 0 Å². The van der Waals surface area contributed by atoms with Crippen LogP contribution in [0, 0.1) is 0 Å². The molecule has 1 nitrogen and oxygen atoms in total. The molecule has 0 bridgehead atoms. The van der Waals surface area contributed by atoms with Crippen molar-refractivity contribution >= 4 is 11.8 Å². The van der Waals surface area contributed by atoms with Crippen LogP contribution in [0.1, 0.15) is 24.5 Å². The number of nitrogens with one attached hydrogen (secondary N) is 1. The Morgan fingerprint density at radius 1 is 0.947 bits per heavy atom. The average Bonchev–Trinajstić information content (AvgIpc) is 2.47. The van der Waals surface area contributed by atoms with E-state index in [2.05, 4.69) is 72.9 Å². The molecule has 19 heavy (non-hydrogen) atoms. The second-order valence-electron chi connectivity index (χ2n) is 4.60. The first-order chi connectivity index (χ1) is 9.40. The van der Waals surface area contributed by atoms with Gasteiger partial charge in [-0.1, -0.05) is 74.0 Å². The summed E-state index contributed by atoms with van der Waals surface area (Å²) in [5, 5.41) is 3.48. The van der Waals surface area contributed by atoms with Gasteiger partial charge >= 0.3 is 0 Å². The minimum Gasteiger partial charge on any atom is -0.381 e. The summed E-state index contributed by atoms with van der Waals surface area (Å²) in [6.07, 6.45) is 6.62. The van der Waals surface area contributed by atoms with E-state index in [0.717, 1.165) is 13.0 Å². The van der Waals surface area contributed by atoms with Crippen molar-refractivity contribution in [2.45, 2.75) is 19.8 Å². The molecule has 0 radical (unpaired) electrons. The zero-order chi connectivity index (χ0) is 13.3. The second-order valence-corrected chi connectivity index (χ2v) is 4.60. The quantitative estimate of drug-likeness (QED) is 0.780. The number of hydrogen-bond donors (Lipinski definition) is 1. The van der Waals surface area contributed by atoms with Gasteiger partial charge in [-0.05, 0) is 23.6 Å². The highest BCUT2D eigenvalue weighted by Gasteiger charge is 1.98. The number of anilines is 1. The molecule has 2 aromatic carbocycles. The van der Waals surface area contributed by atoms with Gasteiger partial charge in [0, 0.05) is 12.2 Å². The largest absolute Gasteiger partial charge is 0.381 e. The Bertz CT molecular complexity index is 514. The molecular weight excluding hydrogens is 230 g/mol. The molecule has 0 aliphatic carbocycles. The van der Waals surface area contributed by atoms with E-state index in [1.165, 1.54) is 23.2 Å². The Labute approximate surface area is 116 Å². The van der Waals surface area contributed by atoms with Crippen molar-refractivity contribution < 1.29 is 0 Å². The Kier molecular flexibility index (Phi) is 5.24. The first-order valence-corrected chi connectivity index (χ1v) is 6.93. The van der Waals surface area contributed by atoms with Crippen LogP contribution in [0.5, 0.6) is 0 Å². The summed E-state index contributed by atoms with van der Waals surface area (Å²) in [4.78, 5) is 0. The van der Waals surface area contributed by atoms with Gasteiger partial charge in [0.25, 0.3) is 0 Å². The highest BCUT2D eigenvalue weighted by molar-refractivity contribution is 5.54. The van der Waals surface area contributed by atoms with Crippen LogP contribution in [0.4, 0.5) is 5.69 Å². The normalized spacial score (nSPS) is 10.8. The molecule has 0 heterocycles. The Hall–Kier alpha value is -2.02. The van der Waals surface area contributed by atoms with Gasteiger partial charge in [0.15, 0.2) is 0 Å². The SMILES string of the molecule is CCCc1ccccc1NC/C=C/c1ccccc1. The molecular formula is C18H21N. The maximum absolute atomic E-state index is 3.48. The lowest BCUT2D eigenvalue weighted by atomic mass is 10.1. The van der Waals surface area contributed by atoms with Crippen LogP contribution in [0.15, 0.2) is 60.7 Å². The molecule has 0 saturated heterocycles. The third-order valence-corrected chi connectivity index (χ3v) is 3.06. The standard InChI is InChI=1S/C18H21N/c1-2-9-17-13-6-7-14-18(17)19-15-8-12-16-10-4-3-5-11-16/h3-8,10-14,19H,2,9,15H2,1H3/b12-8+. The summed E-state index contributed by atoms with van der Waals surface area (Å²) >= 11 is 0. The van der Waals surface area contributed by atoms with Crippen LogP contribution in [0.25, 0.3) is 6.08 Å². The topological polar surface area (TPSA) is 12.0 Å². The minimum absolute atomic E-state index is 0.857. The lowest BCUT2D eigenvalue weighted by Gasteiger charge is -2.09. The summed E-state index contributed by atoms with van der Waals surface area (Å²) in [7, 11) is 0. The number of rotatable bonds is 6. The van der Waals surface area contributed by atoms with E-state index in [4.69, 9.17) is 0 Å². The van der Waals surface area contributed by atoms with E-state index >= 15 is 0 Å². The van der Waals surface area contributed by atoms with Crippen molar-refractivity contribution in [3.05, 3.63) is 71.8 Å². The maximum Gasteiger partial charge on any atom is 0.0375 e. The van der Waals surface area contributed by atoms with Gasteiger partial charge in [-0.3, -0.25) is 0 Å². The second kappa shape index (κ2) is 7.42. The molecule has 0 atom stereocenters. The molecule has 2 rings (SSSR count). The molecule has 1 heteroatoms. The number of hydrogen-bond acceptors (Lipinski definition) is 1. The molecule has 0 aliphatic heterocycles. The van der Waals surface area contributed by atoms with Crippen molar-refractivity contribution in [1.82, 2.24) is 0 Å². The summed E-state index contributed by atoms with van der Waals surface area (Å²) in [6.45, 7) is 3.07. The number of benzene rings is 2. The summed E-state index contributed by atoms with van der Waals surface area (Å²) < 4.78 is 0. The molecule has 1 N–H and O–H groups in total. The van der Waals surface area contributed by atoms with Gasteiger partial charge < -0.3 is 5.32 Å². The van der Waals surface area contributed by atoms with Gasteiger partial charge in [0.05, 0.1) is 0 Å². The van der Waals surface area contributed by atoms with Gasteiger partial charge in [0.1, 0.15) is 0 Å². The lowest BCUT2D eigenvalue weighted by Crippen LogP contribution is -2.01. The maximum atomic E-state index is 3.48. The smallest absolute Gasteiger partial charge is 0.0375 e. The molecule has 0 aliphatic rings. The fourth-order valence-electron chi connectivity index (χ4n) is 2.11. The van der Waals surface area contributed by atoms with E-state index in [1.807, 2.05) is 6.07 Å². The molecule has 0 fully saturated rings. The zero-order valence-corrected chi connectivity index (χ0v) is 11.5. The van der Waals surface area contributed by atoms with Crippen LogP contribution in [0.3, 0.4) is 0 Å². The molecule has 2 aromatic rings. The molecule has 0 amide bonds. The van der Waals surface area contributed by atoms with Gasteiger partial charge in [0.2, 0.25) is 0 Å². The highest BCUT2D eigenvalue weighted by atomic mass is 14.9. The van der Waals surface area contributed by atoms with E-state index in [0.29, 0.717) is 0 Å². The summed E-state index contributed by atoms with van der Waals surface area (Å²) in [5.74, 6) is 0. The van der Waals surface area contributed by atoms with Crippen LogP contribution in [-0.2, 0) is 6.42 Å². The Balaban J connectivity index is 1.91. The minimum atomic E-state index is 0.857. The number of para-hydroxylation sites is 1. The van der Waals surface area contributed by atoms with Crippen LogP contribution < -0.4 is 5.32 Å². The summed E-state index contributed by atoms with van der Waals surface area (Å²) in [5.41, 5.74) is 3.89. The third kappa shape index (κ3) is 4.29. The molecule has 0 aromatic heterocycles. The molecule has 98 valence electrons. The van der Waals surface area contributed by atoms with Gasteiger partial charge in [-0.25, -0.2) is 0 Å². The monoisotopic (exact) mass is 251 g/mol. The van der Waals surface area contributed by atoms with E-state index in [-0.39, 0.29) is 0 Å². The predicted octanol–water partition coefficient (Wildman–Crippen LogP) is 4.76. The van der Waals surface area contributed by atoms with Crippen molar-refractivity contribution in [2.24, 2.45) is 0 Å². The van der Waals surface area contributed by atoms with Crippen molar-refractivity contribution in [3.8, 4) is 0 Å². The lowest BCUT2D eigenvalue weighted by molar-refractivity contribution is 0.922. The zero-order valence-electron chi connectivity index (χ0n) is 11.5. The fourth-order valence-corrected chi connectivity index (χ4v) is 2.11. The van der Waals surface area contributed by atoms with Crippen molar-refractivity contribution in [3.63, 3.8) is 0 Å². The molecule has 0 spiro atoms. The first-order valence-electron chi connectivity index (χ1n) is 6.93. The Morgan fingerprint density at radius 2 is 1.68 bits per heavy atom. The number of aryl methyl sites for hydroxylation is 1. The van der Waals surface area contributed by atoms with Crippen molar-refractivity contribution in [2.75, 3.05) is 11.9 Å². The fraction of sp³-hybridized carbons (Fsp3) is 0.222. The van der Waals surface area contributed by atoms with Crippen molar-refractivity contribution in [1.29, 1.82) is 0 Å². The van der Waals surface area contributed by atoms with E-state index in [1.54, 1.807) is 0 Å². The van der Waals surface area contributed by atoms with Gasteiger partial charge in [-0.2, -0.15) is 0 Å². The van der Waals surface area contributed by atoms with E-state index < -0.39 is 0 Å². The van der Waals surface area contributed by atoms with Gasteiger partial charge in [-0.15, -0.1) is 0 Å². The Morgan fingerprint density at radius 3 is 2.47 bits per heavy atom.